The Morgan fingerprint density at radius 3 is 2.50 bits per heavy atom. The van der Waals surface area contributed by atoms with Gasteiger partial charge in [-0.3, -0.25) is 0 Å². The van der Waals surface area contributed by atoms with E-state index in [1.54, 1.807) is 7.11 Å². The average Bonchev–Trinajstić information content (AvgIpc) is 2.13. The number of hydrogen-bond acceptors (Lipinski definition) is 2. The highest BCUT2D eigenvalue weighted by atomic mass is 32.1. The van der Waals surface area contributed by atoms with Gasteiger partial charge in [0.1, 0.15) is 5.75 Å². The number of nitrogens with two attached hydrogens (primary N) is 1. The molecule has 14 heavy (non-hydrogen) atoms. The lowest BCUT2D eigenvalue weighted by molar-refractivity contribution is 0.411. The summed E-state index contributed by atoms with van der Waals surface area (Å²) in [6.07, 6.45) is 0. The van der Waals surface area contributed by atoms with Crippen molar-refractivity contribution in [1.82, 2.24) is 0 Å². The zero-order valence-corrected chi connectivity index (χ0v) is 9.37. The highest BCUT2D eigenvalue weighted by Gasteiger charge is 2.06. The Morgan fingerprint density at radius 2 is 2.00 bits per heavy atom. The first-order valence-electron chi connectivity index (χ1n) is 4.27. The molecule has 0 atom stereocenters. The minimum Gasteiger partial charge on any atom is -0.496 e. The number of methoxy groups -OCH3 is 1. The summed E-state index contributed by atoms with van der Waals surface area (Å²) in [5.74, 6) is 0.871. The summed E-state index contributed by atoms with van der Waals surface area (Å²) in [5, 5.41) is 3.19. The molecule has 0 bridgehead atoms. The molecule has 0 aliphatic rings. The third-order valence-corrected chi connectivity index (χ3v) is 2.32. The van der Waals surface area contributed by atoms with E-state index in [9.17, 15) is 0 Å². The van der Waals surface area contributed by atoms with E-state index in [1.807, 2.05) is 26.0 Å². The molecular formula is C10H14N2OS. The van der Waals surface area contributed by atoms with Crippen LogP contribution in [0.2, 0.25) is 0 Å². The lowest BCUT2D eigenvalue weighted by Gasteiger charge is -2.13. The Hall–Kier alpha value is -1.29. The molecule has 0 aliphatic heterocycles. The van der Waals surface area contributed by atoms with Gasteiger partial charge < -0.3 is 15.8 Å². The molecule has 76 valence electrons. The van der Waals surface area contributed by atoms with Gasteiger partial charge in [-0.25, -0.2) is 0 Å². The zero-order chi connectivity index (χ0) is 10.7. The van der Waals surface area contributed by atoms with E-state index in [-0.39, 0.29) is 5.11 Å². The zero-order valence-electron chi connectivity index (χ0n) is 8.55. The van der Waals surface area contributed by atoms with Gasteiger partial charge in [-0.2, -0.15) is 0 Å². The molecule has 0 fully saturated rings. The maximum Gasteiger partial charge on any atom is 0.168 e. The van der Waals surface area contributed by atoms with Gasteiger partial charge >= 0.3 is 0 Å². The quantitative estimate of drug-likeness (QED) is 0.733. The number of anilines is 1. The fraction of sp³-hybridized carbons (Fsp3) is 0.300. The Morgan fingerprint density at radius 1 is 1.36 bits per heavy atom. The summed E-state index contributed by atoms with van der Waals surface area (Å²) in [6.45, 7) is 4.00. The fourth-order valence-electron chi connectivity index (χ4n) is 1.29. The van der Waals surface area contributed by atoms with Crippen LogP contribution in [0.15, 0.2) is 12.1 Å². The van der Waals surface area contributed by atoms with Gasteiger partial charge in [0.25, 0.3) is 0 Å². The minimum absolute atomic E-state index is 0.276. The summed E-state index contributed by atoms with van der Waals surface area (Å²) in [6, 6.07) is 3.79. The SMILES string of the molecule is COc1ccc(NC(N)=S)c(C)c1C. The summed E-state index contributed by atoms with van der Waals surface area (Å²) >= 11 is 4.78. The van der Waals surface area contributed by atoms with Crippen molar-refractivity contribution < 1.29 is 4.74 Å². The van der Waals surface area contributed by atoms with Gasteiger partial charge in [-0.1, -0.05) is 0 Å². The van der Waals surface area contributed by atoms with Crippen LogP contribution in [0, 0.1) is 13.8 Å². The van der Waals surface area contributed by atoms with Gasteiger partial charge in [0.05, 0.1) is 7.11 Å². The molecule has 3 nitrogen and oxygen atoms in total. The number of ether oxygens (including phenoxy) is 1. The molecule has 0 spiro atoms. The predicted molar refractivity (Wildman–Crippen MR) is 62.9 cm³/mol. The topological polar surface area (TPSA) is 47.3 Å². The fourth-order valence-corrected chi connectivity index (χ4v) is 1.40. The Bertz CT molecular complexity index is 363. The van der Waals surface area contributed by atoms with E-state index in [2.05, 4.69) is 5.32 Å². The average molecular weight is 210 g/mol. The molecule has 0 amide bonds. The normalized spacial score (nSPS) is 9.64. The highest BCUT2D eigenvalue weighted by molar-refractivity contribution is 7.80. The second-order valence-corrected chi connectivity index (χ2v) is 3.49. The van der Waals surface area contributed by atoms with E-state index in [0.717, 1.165) is 22.6 Å². The monoisotopic (exact) mass is 210 g/mol. The third kappa shape index (κ3) is 2.14. The van der Waals surface area contributed by atoms with Crippen LogP contribution < -0.4 is 15.8 Å². The van der Waals surface area contributed by atoms with E-state index < -0.39 is 0 Å². The molecule has 0 heterocycles. The lowest BCUT2D eigenvalue weighted by atomic mass is 10.1. The molecule has 0 unspecified atom stereocenters. The van der Waals surface area contributed by atoms with Crippen LogP contribution in [-0.2, 0) is 0 Å². The highest BCUT2D eigenvalue weighted by Crippen LogP contribution is 2.26. The minimum atomic E-state index is 0.276. The van der Waals surface area contributed by atoms with Crippen molar-refractivity contribution >= 4 is 23.0 Å². The molecule has 4 heteroatoms. The first kappa shape index (κ1) is 10.8. The van der Waals surface area contributed by atoms with Gasteiger partial charge in [0.15, 0.2) is 5.11 Å². The summed E-state index contributed by atoms with van der Waals surface area (Å²) < 4.78 is 5.19. The maximum atomic E-state index is 5.40. The smallest absolute Gasteiger partial charge is 0.168 e. The first-order valence-corrected chi connectivity index (χ1v) is 4.67. The van der Waals surface area contributed by atoms with Crippen molar-refractivity contribution in [2.45, 2.75) is 13.8 Å². The van der Waals surface area contributed by atoms with E-state index in [4.69, 9.17) is 22.7 Å². The van der Waals surface area contributed by atoms with Crippen LogP contribution in [0.25, 0.3) is 0 Å². The number of hydrogen-bond donors (Lipinski definition) is 2. The predicted octanol–water partition coefficient (Wildman–Crippen LogP) is 1.97. The summed E-state index contributed by atoms with van der Waals surface area (Å²) in [4.78, 5) is 0. The van der Waals surface area contributed by atoms with Crippen molar-refractivity contribution in [3.05, 3.63) is 23.3 Å². The lowest BCUT2D eigenvalue weighted by Crippen LogP contribution is -2.19. The molecule has 1 rings (SSSR count). The second-order valence-electron chi connectivity index (χ2n) is 3.05. The molecule has 3 N–H and O–H groups in total. The van der Waals surface area contributed by atoms with Crippen molar-refractivity contribution in [2.24, 2.45) is 5.73 Å². The van der Waals surface area contributed by atoms with Crippen LogP contribution >= 0.6 is 12.2 Å². The molecule has 0 radical (unpaired) electrons. The molecule has 0 saturated heterocycles. The Labute approximate surface area is 89.3 Å². The van der Waals surface area contributed by atoms with Crippen molar-refractivity contribution in [3.63, 3.8) is 0 Å². The number of rotatable bonds is 2. The van der Waals surface area contributed by atoms with E-state index in [1.165, 1.54) is 0 Å². The van der Waals surface area contributed by atoms with Crippen LogP contribution in [0.4, 0.5) is 5.69 Å². The standard InChI is InChI=1S/C10H14N2OS/c1-6-7(2)9(13-3)5-4-8(6)12-10(11)14/h4-5H,1-3H3,(H3,11,12,14). The molecule has 1 aromatic rings. The summed E-state index contributed by atoms with van der Waals surface area (Å²) in [7, 11) is 1.66. The van der Waals surface area contributed by atoms with Gasteiger partial charge in [-0.15, -0.1) is 0 Å². The van der Waals surface area contributed by atoms with Gasteiger partial charge in [-0.05, 0) is 49.3 Å². The summed E-state index contributed by atoms with van der Waals surface area (Å²) in [5.41, 5.74) is 8.52. The van der Waals surface area contributed by atoms with Crippen LogP contribution in [0.5, 0.6) is 5.75 Å². The Kier molecular flexibility index (Phi) is 3.30. The number of nitrogens with one attached hydrogen (secondary N) is 1. The molecule has 0 aliphatic carbocycles. The van der Waals surface area contributed by atoms with Crippen LogP contribution in [0.3, 0.4) is 0 Å². The maximum absolute atomic E-state index is 5.40. The first-order chi connectivity index (χ1) is 6.56. The van der Waals surface area contributed by atoms with Crippen molar-refractivity contribution in [1.29, 1.82) is 0 Å². The van der Waals surface area contributed by atoms with E-state index in [0.29, 0.717) is 0 Å². The molecule has 0 saturated carbocycles. The number of benzene rings is 1. The van der Waals surface area contributed by atoms with Crippen LogP contribution in [0.1, 0.15) is 11.1 Å². The second kappa shape index (κ2) is 4.28. The Balaban J connectivity index is 3.10. The van der Waals surface area contributed by atoms with Crippen molar-refractivity contribution in [3.8, 4) is 5.75 Å². The molecule has 1 aromatic carbocycles. The van der Waals surface area contributed by atoms with Crippen LogP contribution in [-0.4, -0.2) is 12.2 Å². The van der Waals surface area contributed by atoms with Gasteiger partial charge in [0, 0.05) is 5.69 Å². The third-order valence-electron chi connectivity index (χ3n) is 2.22. The van der Waals surface area contributed by atoms with Gasteiger partial charge in [0.2, 0.25) is 0 Å². The molecule has 0 aromatic heterocycles. The largest absolute Gasteiger partial charge is 0.496 e. The van der Waals surface area contributed by atoms with Crippen molar-refractivity contribution in [2.75, 3.05) is 12.4 Å². The number of thiocarbonyl (C=S) groups is 1. The van der Waals surface area contributed by atoms with E-state index >= 15 is 0 Å². The molecular weight excluding hydrogens is 196 g/mol.